The number of carbonyl (C=O) groups is 1. The minimum atomic E-state index is -1.23. The summed E-state index contributed by atoms with van der Waals surface area (Å²) in [6.45, 7) is -0.452. The number of carbonyl (C=O) groups excluding carboxylic acids is 1. The maximum Gasteiger partial charge on any atom is 0.223 e. The van der Waals surface area contributed by atoms with Crippen LogP contribution in [-0.2, 0) is 11.2 Å². The molecule has 0 amide bonds. The van der Waals surface area contributed by atoms with E-state index in [1.807, 2.05) is 60.7 Å². The standard InChI is InChI=1S/C30H27NO4/c32-27(33)20-34-25-17-15-21(16-18-25)19-24-13-7-8-14-26(24)30-31-28(22-9-3-1-4-10-22)29(35-30)23-11-5-2-6-12-23/h1-6,9-12,14-18,24H,7-8,13,19-20H2,(H,32,33)/p-1. The number of nitrogens with zero attached hydrogens (tertiary/aromatic N) is 1. The highest BCUT2D eigenvalue weighted by atomic mass is 16.5. The van der Waals surface area contributed by atoms with Gasteiger partial charge in [-0.3, -0.25) is 0 Å². The van der Waals surface area contributed by atoms with Crippen molar-refractivity contribution in [1.82, 2.24) is 4.98 Å². The molecule has 4 aromatic rings. The number of aliphatic carboxylic acids is 1. The molecule has 0 fully saturated rings. The lowest BCUT2D eigenvalue weighted by Gasteiger charge is -2.22. The Hall–Kier alpha value is -4.12. The molecule has 5 rings (SSSR count). The third kappa shape index (κ3) is 5.35. The van der Waals surface area contributed by atoms with Gasteiger partial charge in [-0.05, 0) is 49.3 Å². The van der Waals surface area contributed by atoms with E-state index in [-0.39, 0.29) is 5.92 Å². The first-order valence-corrected chi connectivity index (χ1v) is 11.9. The van der Waals surface area contributed by atoms with Crippen molar-refractivity contribution in [3.8, 4) is 28.3 Å². The minimum Gasteiger partial charge on any atom is -0.546 e. The Morgan fingerprint density at radius 2 is 1.63 bits per heavy atom. The van der Waals surface area contributed by atoms with Crippen LogP contribution in [0.15, 0.2) is 95.4 Å². The second-order valence-electron chi connectivity index (χ2n) is 8.72. The van der Waals surface area contributed by atoms with Crippen molar-refractivity contribution in [2.75, 3.05) is 6.61 Å². The fourth-order valence-corrected chi connectivity index (χ4v) is 4.59. The van der Waals surface area contributed by atoms with Gasteiger partial charge in [0, 0.05) is 16.7 Å². The Kier molecular flexibility index (Phi) is 6.75. The number of carboxylic acid groups (broad SMARTS) is 1. The van der Waals surface area contributed by atoms with E-state index in [2.05, 4.69) is 18.2 Å². The van der Waals surface area contributed by atoms with Crippen LogP contribution in [0.2, 0.25) is 0 Å². The van der Waals surface area contributed by atoms with Crippen molar-refractivity contribution in [3.05, 3.63) is 102 Å². The normalized spacial score (nSPS) is 15.4. The van der Waals surface area contributed by atoms with Crippen molar-refractivity contribution < 1.29 is 19.1 Å². The molecular formula is C30H26NO4-. The summed E-state index contributed by atoms with van der Waals surface area (Å²) in [5.74, 6) is 1.03. The van der Waals surface area contributed by atoms with E-state index in [4.69, 9.17) is 14.1 Å². The van der Waals surface area contributed by atoms with Crippen LogP contribution in [0.1, 0.15) is 30.7 Å². The molecule has 1 aromatic heterocycles. The smallest absolute Gasteiger partial charge is 0.223 e. The number of hydrogen-bond acceptors (Lipinski definition) is 5. The van der Waals surface area contributed by atoms with Gasteiger partial charge in [-0.2, -0.15) is 0 Å². The van der Waals surface area contributed by atoms with Crippen molar-refractivity contribution in [1.29, 1.82) is 0 Å². The summed E-state index contributed by atoms with van der Waals surface area (Å²) in [7, 11) is 0. The molecule has 0 spiro atoms. The molecule has 176 valence electrons. The number of allylic oxidation sites excluding steroid dienone is 2. The van der Waals surface area contributed by atoms with Gasteiger partial charge in [0.25, 0.3) is 0 Å². The van der Waals surface area contributed by atoms with Crippen LogP contribution in [0.3, 0.4) is 0 Å². The van der Waals surface area contributed by atoms with Gasteiger partial charge in [0.05, 0.1) is 5.97 Å². The van der Waals surface area contributed by atoms with E-state index in [9.17, 15) is 9.90 Å². The molecule has 0 saturated heterocycles. The van der Waals surface area contributed by atoms with Crippen molar-refractivity contribution in [3.63, 3.8) is 0 Å². The topological polar surface area (TPSA) is 75.4 Å². The third-order valence-corrected chi connectivity index (χ3v) is 6.28. The molecule has 0 aliphatic heterocycles. The Morgan fingerprint density at radius 1 is 0.943 bits per heavy atom. The SMILES string of the molecule is O=C([O-])COc1ccc(CC2CCCC=C2c2nc(-c3ccccc3)c(-c3ccccc3)o2)cc1. The summed E-state index contributed by atoms with van der Waals surface area (Å²) in [6, 6.07) is 27.8. The van der Waals surface area contributed by atoms with Crippen LogP contribution in [0.4, 0.5) is 0 Å². The Labute approximate surface area is 204 Å². The molecule has 0 bridgehead atoms. The number of ether oxygens (including phenoxy) is 1. The maximum atomic E-state index is 10.6. The lowest BCUT2D eigenvalue weighted by Crippen LogP contribution is -2.28. The number of benzene rings is 3. The van der Waals surface area contributed by atoms with Crippen molar-refractivity contribution >= 4 is 11.5 Å². The predicted octanol–water partition coefficient (Wildman–Crippen LogP) is 5.56. The molecule has 5 heteroatoms. The van der Waals surface area contributed by atoms with E-state index >= 15 is 0 Å². The molecule has 5 nitrogen and oxygen atoms in total. The Bertz CT molecular complexity index is 1250. The highest BCUT2D eigenvalue weighted by Crippen LogP contribution is 2.40. The zero-order valence-corrected chi connectivity index (χ0v) is 19.4. The average molecular weight is 465 g/mol. The number of aromatic nitrogens is 1. The first kappa shape index (κ1) is 22.7. The first-order valence-electron chi connectivity index (χ1n) is 11.9. The number of hydrogen-bond donors (Lipinski definition) is 0. The Morgan fingerprint density at radius 3 is 2.31 bits per heavy atom. The van der Waals surface area contributed by atoms with Crippen LogP contribution in [0, 0.1) is 5.92 Å². The monoisotopic (exact) mass is 464 g/mol. The average Bonchev–Trinajstić information content (AvgIpc) is 3.35. The van der Waals surface area contributed by atoms with Gasteiger partial charge in [0.2, 0.25) is 5.89 Å². The van der Waals surface area contributed by atoms with Crippen LogP contribution in [-0.4, -0.2) is 17.6 Å². The molecular weight excluding hydrogens is 438 g/mol. The summed E-state index contributed by atoms with van der Waals surface area (Å²) >= 11 is 0. The van der Waals surface area contributed by atoms with E-state index < -0.39 is 12.6 Å². The predicted molar refractivity (Wildman–Crippen MR) is 133 cm³/mol. The summed E-state index contributed by atoms with van der Waals surface area (Å²) in [5, 5.41) is 10.6. The van der Waals surface area contributed by atoms with Crippen LogP contribution >= 0.6 is 0 Å². The van der Waals surface area contributed by atoms with E-state index in [1.54, 1.807) is 12.1 Å². The summed E-state index contributed by atoms with van der Waals surface area (Å²) in [6.07, 6.45) is 6.29. The zero-order valence-electron chi connectivity index (χ0n) is 19.4. The molecule has 3 aromatic carbocycles. The molecule has 0 radical (unpaired) electrons. The van der Waals surface area contributed by atoms with Gasteiger partial charge >= 0.3 is 0 Å². The van der Waals surface area contributed by atoms with Gasteiger partial charge < -0.3 is 19.1 Å². The quantitative estimate of drug-likeness (QED) is 0.341. The van der Waals surface area contributed by atoms with Gasteiger partial charge in [-0.1, -0.05) is 78.9 Å². The fourth-order valence-electron chi connectivity index (χ4n) is 4.59. The highest BCUT2D eigenvalue weighted by molar-refractivity contribution is 5.79. The minimum absolute atomic E-state index is 0.282. The van der Waals surface area contributed by atoms with E-state index in [1.165, 1.54) is 0 Å². The molecule has 1 aliphatic rings. The fraction of sp³-hybridized carbons (Fsp3) is 0.200. The van der Waals surface area contributed by atoms with E-state index in [0.29, 0.717) is 11.6 Å². The molecule has 1 heterocycles. The van der Waals surface area contributed by atoms with Gasteiger partial charge in [-0.25, -0.2) is 4.98 Å². The lowest BCUT2D eigenvalue weighted by molar-refractivity contribution is -0.307. The van der Waals surface area contributed by atoms with Crippen LogP contribution < -0.4 is 9.84 Å². The first-order chi connectivity index (χ1) is 17.2. The maximum absolute atomic E-state index is 10.6. The third-order valence-electron chi connectivity index (χ3n) is 6.28. The summed E-state index contributed by atoms with van der Waals surface area (Å²) in [5.41, 5.74) is 5.19. The Balaban J connectivity index is 1.44. The zero-order chi connectivity index (χ0) is 24.0. The lowest BCUT2D eigenvalue weighted by atomic mass is 9.83. The second kappa shape index (κ2) is 10.4. The summed E-state index contributed by atoms with van der Waals surface area (Å²) in [4.78, 5) is 15.6. The van der Waals surface area contributed by atoms with Gasteiger partial charge in [0.1, 0.15) is 18.1 Å². The molecule has 0 saturated carbocycles. The second-order valence-corrected chi connectivity index (χ2v) is 8.72. The van der Waals surface area contributed by atoms with Crippen molar-refractivity contribution in [2.24, 2.45) is 5.92 Å². The highest BCUT2D eigenvalue weighted by Gasteiger charge is 2.26. The van der Waals surface area contributed by atoms with Crippen molar-refractivity contribution in [2.45, 2.75) is 25.7 Å². The van der Waals surface area contributed by atoms with Gasteiger partial charge in [0.15, 0.2) is 5.76 Å². The molecule has 0 N–H and O–H groups in total. The summed E-state index contributed by atoms with van der Waals surface area (Å²) < 4.78 is 11.7. The van der Waals surface area contributed by atoms with Gasteiger partial charge in [-0.15, -0.1) is 0 Å². The largest absolute Gasteiger partial charge is 0.546 e. The van der Waals surface area contributed by atoms with E-state index in [0.717, 1.165) is 59.4 Å². The number of rotatable bonds is 8. The molecule has 35 heavy (non-hydrogen) atoms. The molecule has 1 unspecified atom stereocenters. The van der Waals surface area contributed by atoms with Crippen LogP contribution in [0.5, 0.6) is 5.75 Å². The number of carboxylic acids is 1. The molecule has 1 aliphatic carbocycles. The number of oxazole rings is 1. The molecule has 1 atom stereocenters. The van der Waals surface area contributed by atoms with Crippen LogP contribution in [0.25, 0.3) is 28.2 Å².